The summed E-state index contributed by atoms with van der Waals surface area (Å²) in [6.07, 6.45) is 8.46. The highest BCUT2D eigenvalue weighted by atomic mass is 16.5. The molecule has 94 valence electrons. The Morgan fingerprint density at radius 3 is 2.59 bits per heavy atom. The molecule has 0 amide bonds. The van der Waals surface area contributed by atoms with E-state index in [9.17, 15) is 0 Å². The highest BCUT2D eigenvalue weighted by Gasteiger charge is 2.19. The number of pyridine rings is 1. The van der Waals surface area contributed by atoms with Gasteiger partial charge < -0.3 is 10.1 Å². The molecule has 1 N–H and O–H groups in total. The number of rotatable bonds is 4. The number of hydrogen-bond acceptors (Lipinski definition) is 3. The van der Waals surface area contributed by atoms with Crippen molar-refractivity contribution >= 4 is 5.69 Å². The van der Waals surface area contributed by atoms with E-state index in [1.165, 1.54) is 32.1 Å². The Bertz CT molecular complexity index is 329. The summed E-state index contributed by atoms with van der Waals surface area (Å²) >= 11 is 0. The molecule has 0 spiro atoms. The van der Waals surface area contributed by atoms with E-state index in [2.05, 4.69) is 17.2 Å². The Morgan fingerprint density at radius 2 is 2.06 bits per heavy atom. The lowest BCUT2D eigenvalue weighted by Crippen LogP contribution is -2.25. The van der Waals surface area contributed by atoms with Crippen LogP contribution in [0.3, 0.4) is 0 Å². The van der Waals surface area contributed by atoms with Crippen LogP contribution in [0.25, 0.3) is 0 Å². The van der Waals surface area contributed by atoms with Crippen LogP contribution in [0.4, 0.5) is 5.69 Å². The molecule has 1 aliphatic rings. The SMILES string of the molecule is CCC1CCC(Nc2ccc(OC)nc2)CC1. The predicted molar refractivity (Wildman–Crippen MR) is 70.4 cm³/mol. The lowest BCUT2D eigenvalue weighted by Gasteiger charge is -2.29. The first-order valence-electron chi connectivity index (χ1n) is 6.58. The van der Waals surface area contributed by atoms with Gasteiger partial charge in [-0.2, -0.15) is 0 Å². The zero-order valence-electron chi connectivity index (χ0n) is 10.8. The molecular formula is C14H22N2O. The van der Waals surface area contributed by atoms with Crippen LogP contribution in [-0.4, -0.2) is 18.1 Å². The summed E-state index contributed by atoms with van der Waals surface area (Å²) in [5, 5.41) is 3.56. The smallest absolute Gasteiger partial charge is 0.213 e. The van der Waals surface area contributed by atoms with Gasteiger partial charge in [0, 0.05) is 12.1 Å². The Morgan fingerprint density at radius 1 is 1.29 bits per heavy atom. The second kappa shape index (κ2) is 5.89. The van der Waals surface area contributed by atoms with Crippen LogP contribution in [0.5, 0.6) is 5.88 Å². The number of methoxy groups -OCH3 is 1. The number of ether oxygens (including phenoxy) is 1. The number of anilines is 1. The molecule has 3 heteroatoms. The van der Waals surface area contributed by atoms with Crippen LogP contribution in [-0.2, 0) is 0 Å². The fraction of sp³-hybridized carbons (Fsp3) is 0.643. The van der Waals surface area contributed by atoms with E-state index in [1.807, 2.05) is 18.3 Å². The first-order valence-corrected chi connectivity index (χ1v) is 6.58. The van der Waals surface area contributed by atoms with Crippen molar-refractivity contribution in [3.05, 3.63) is 18.3 Å². The van der Waals surface area contributed by atoms with E-state index < -0.39 is 0 Å². The third-order valence-electron chi connectivity index (χ3n) is 3.74. The summed E-state index contributed by atoms with van der Waals surface area (Å²) in [7, 11) is 1.64. The zero-order valence-corrected chi connectivity index (χ0v) is 10.8. The maximum absolute atomic E-state index is 5.05. The molecule has 3 nitrogen and oxygen atoms in total. The summed E-state index contributed by atoms with van der Waals surface area (Å²) in [6, 6.07) is 4.56. The van der Waals surface area contributed by atoms with E-state index in [0.717, 1.165) is 11.6 Å². The van der Waals surface area contributed by atoms with E-state index in [1.54, 1.807) is 7.11 Å². The van der Waals surface area contributed by atoms with Gasteiger partial charge in [0.05, 0.1) is 19.0 Å². The van der Waals surface area contributed by atoms with Gasteiger partial charge in [0.25, 0.3) is 0 Å². The predicted octanol–water partition coefficient (Wildman–Crippen LogP) is 3.47. The highest BCUT2D eigenvalue weighted by molar-refractivity contribution is 5.43. The summed E-state index contributed by atoms with van der Waals surface area (Å²) in [4.78, 5) is 4.21. The molecule has 0 aromatic carbocycles. The topological polar surface area (TPSA) is 34.1 Å². The van der Waals surface area contributed by atoms with Crippen LogP contribution in [0.1, 0.15) is 39.0 Å². The summed E-state index contributed by atoms with van der Waals surface area (Å²) in [5.74, 6) is 1.62. The number of nitrogens with one attached hydrogen (secondary N) is 1. The molecule has 0 aliphatic heterocycles. The molecule has 0 saturated heterocycles. The first kappa shape index (κ1) is 12.2. The highest BCUT2D eigenvalue weighted by Crippen LogP contribution is 2.28. The van der Waals surface area contributed by atoms with Crippen molar-refractivity contribution < 1.29 is 4.74 Å². The largest absolute Gasteiger partial charge is 0.481 e. The molecule has 1 aromatic rings. The Balaban J connectivity index is 1.84. The van der Waals surface area contributed by atoms with Crippen LogP contribution < -0.4 is 10.1 Å². The Hall–Kier alpha value is -1.25. The number of nitrogens with zero attached hydrogens (tertiary/aromatic N) is 1. The minimum absolute atomic E-state index is 0.619. The monoisotopic (exact) mass is 234 g/mol. The molecule has 0 atom stereocenters. The standard InChI is InChI=1S/C14H22N2O/c1-3-11-4-6-12(7-5-11)16-13-8-9-14(17-2)15-10-13/h8-12,16H,3-7H2,1-2H3. The van der Waals surface area contributed by atoms with Gasteiger partial charge in [0.1, 0.15) is 0 Å². The molecule has 17 heavy (non-hydrogen) atoms. The van der Waals surface area contributed by atoms with Gasteiger partial charge in [0.2, 0.25) is 5.88 Å². The van der Waals surface area contributed by atoms with Gasteiger partial charge in [-0.15, -0.1) is 0 Å². The lowest BCUT2D eigenvalue weighted by atomic mass is 9.84. The van der Waals surface area contributed by atoms with E-state index >= 15 is 0 Å². The fourth-order valence-corrected chi connectivity index (χ4v) is 2.54. The van der Waals surface area contributed by atoms with Gasteiger partial charge in [0.15, 0.2) is 0 Å². The normalized spacial score (nSPS) is 24.4. The maximum Gasteiger partial charge on any atom is 0.213 e. The third-order valence-corrected chi connectivity index (χ3v) is 3.74. The molecule has 2 rings (SSSR count). The third kappa shape index (κ3) is 3.35. The Kier molecular flexibility index (Phi) is 4.24. The van der Waals surface area contributed by atoms with Crippen LogP contribution in [0.15, 0.2) is 18.3 Å². The Labute approximate surface area is 104 Å². The van der Waals surface area contributed by atoms with Gasteiger partial charge in [-0.3, -0.25) is 0 Å². The van der Waals surface area contributed by atoms with E-state index in [4.69, 9.17) is 4.74 Å². The molecule has 1 saturated carbocycles. The van der Waals surface area contributed by atoms with Crippen molar-refractivity contribution in [3.63, 3.8) is 0 Å². The first-order chi connectivity index (χ1) is 8.31. The second-order valence-corrected chi connectivity index (χ2v) is 4.86. The van der Waals surface area contributed by atoms with Gasteiger partial charge in [-0.1, -0.05) is 13.3 Å². The molecular weight excluding hydrogens is 212 g/mol. The minimum Gasteiger partial charge on any atom is -0.481 e. The molecule has 1 aromatic heterocycles. The van der Waals surface area contributed by atoms with Crippen LogP contribution in [0.2, 0.25) is 0 Å². The minimum atomic E-state index is 0.619. The summed E-state index contributed by atoms with van der Waals surface area (Å²) in [5.41, 5.74) is 1.10. The van der Waals surface area contributed by atoms with Crippen molar-refractivity contribution in [1.82, 2.24) is 4.98 Å². The van der Waals surface area contributed by atoms with Crippen molar-refractivity contribution in [2.75, 3.05) is 12.4 Å². The van der Waals surface area contributed by atoms with Crippen LogP contribution >= 0.6 is 0 Å². The van der Waals surface area contributed by atoms with Crippen LogP contribution in [0, 0.1) is 5.92 Å². The quantitative estimate of drug-likeness (QED) is 0.866. The van der Waals surface area contributed by atoms with E-state index in [0.29, 0.717) is 11.9 Å². The average molecular weight is 234 g/mol. The molecule has 0 unspecified atom stereocenters. The lowest BCUT2D eigenvalue weighted by molar-refractivity contribution is 0.330. The summed E-state index contributed by atoms with van der Waals surface area (Å²) in [6.45, 7) is 2.30. The van der Waals surface area contributed by atoms with Gasteiger partial charge in [-0.25, -0.2) is 4.98 Å². The van der Waals surface area contributed by atoms with Gasteiger partial charge in [-0.05, 0) is 37.7 Å². The number of hydrogen-bond donors (Lipinski definition) is 1. The van der Waals surface area contributed by atoms with Crippen molar-refractivity contribution in [1.29, 1.82) is 0 Å². The average Bonchev–Trinajstić information content (AvgIpc) is 2.40. The van der Waals surface area contributed by atoms with Crippen molar-refractivity contribution in [2.24, 2.45) is 5.92 Å². The molecule has 1 fully saturated rings. The van der Waals surface area contributed by atoms with Crippen molar-refractivity contribution in [3.8, 4) is 5.88 Å². The second-order valence-electron chi connectivity index (χ2n) is 4.86. The van der Waals surface area contributed by atoms with Crippen molar-refractivity contribution in [2.45, 2.75) is 45.1 Å². The van der Waals surface area contributed by atoms with Gasteiger partial charge >= 0.3 is 0 Å². The summed E-state index contributed by atoms with van der Waals surface area (Å²) < 4.78 is 5.05. The molecule has 1 aliphatic carbocycles. The molecule has 1 heterocycles. The molecule has 0 radical (unpaired) electrons. The number of aromatic nitrogens is 1. The zero-order chi connectivity index (χ0) is 12.1. The molecule has 0 bridgehead atoms. The fourth-order valence-electron chi connectivity index (χ4n) is 2.54. The van der Waals surface area contributed by atoms with E-state index in [-0.39, 0.29) is 0 Å². The maximum atomic E-state index is 5.05.